The Kier molecular flexibility index (Phi) is 2.80. The second-order valence-corrected chi connectivity index (χ2v) is 2.21. The maximum atomic E-state index is 4.16. The van der Waals surface area contributed by atoms with E-state index in [1.165, 1.54) is 0 Å². The summed E-state index contributed by atoms with van der Waals surface area (Å²) in [7, 11) is 0. The van der Waals surface area contributed by atoms with E-state index in [9.17, 15) is 0 Å². The van der Waals surface area contributed by atoms with Gasteiger partial charge in [0.05, 0.1) is 5.69 Å². The molecule has 0 saturated carbocycles. The average Bonchev–Trinajstić information content (AvgIpc) is 2.48. The fourth-order valence-corrected chi connectivity index (χ4v) is 0.950. The maximum Gasteiger partial charge on any atom is 0.233 e. The van der Waals surface area contributed by atoms with Gasteiger partial charge in [0.2, 0.25) is 5.78 Å². The van der Waals surface area contributed by atoms with Crippen molar-refractivity contribution in [3.63, 3.8) is 0 Å². The molecule has 0 aliphatic heterocycles. The Hall–Kier alpha value is -1.38. The van der Waals surface area contributed by atoms with Crippen molar-refractivity contribution in [3.8, 4) is 0 Å². The van der Waals surface area contributed by atoms with E-state index < -0.39 is 0 Å². The lowest BCUT2D eigenvalue weighted by Crippen LogP contribution is -1.82. The van der Waals surface area contributed by atoms with Gasteiger partial charge in [-0.2, -0.15) is 0 Å². The monoisotopic (exact) mass is 163 g/mol. The van der Waals surface area contributed by atoms with Gasteiger partial charge in [0.15, 0.2) is 0 Å². The zero-order chi connectivity index (χ0) is 8.97. The van der Waals surface area contributed by atoms with Gasteiger partial charge in [-0.3, -0.25) is 4.40 Å². The lowest BCUT2D eigenvalue weighted by Gasteiger charge is -1.85. The molecule has 0 bridgehead atoms. The number of imidazole rings is 1. The Morgan fingerprint density at radius 3 is 2.75 bits per heavy atom. The van der Waals surface area contributed by atoms with Gasteiger partial charge in [0, 0.05) is 18.6 Å². The third-order valence-electron chi connectivity index (χ3n) is 1.36. The Morgan fingerprint density at radius 2 is 2.08 bits per heavy atom. The quantitative estimate of drug-likeness (QED) is 0.595. The van der Waals surface area contributed by atoms with Crippen molar-refractivity contribution in [2.45, 2.75) is 20.8 Å². The summed E-state index contributed by atoms with van der Waals surface area (Å²) in [6.45, 7) is 5.95. The molecule has 64 valence electrons. The average molecular weight is 163 g/mol. The largest absolute Gasteiger partial charge is 0.291 e. The SMILES string of the molecule is CC.Cc1cn2cccnc2n1. The number of aromatic nitrogens is 3. The lowest BCUT2D eigenvalue weighted by molar-refractivity contribution is 1.11. The number of nitrogens with zero attached hydrogens (tertiary/aromatic N) is 3. The first-order chi connectivity index (χ1) is 5.86. The minimum atomic E-state index is 0.764. The van der Waals surface area contributed by atoms with Gasteiger partial charge >= 0.3 is 0 Å². The molecule has 0 unspecified atom stereocenters. The predicted molar refractivity (Wildman–Crippen MR) is 49.1 cm³/mol. The summed E-state index contributed by atoms with van der Waals surface area (Å²) in [6.07, 6.45) is 5.62. The van der Waals surface area contributed by atoms with Crippen LogP contribution < -0.4 is 0 Å². The fraction of sp³-hybridized carbons (Fsp3) is 0.333. The van der Waals surface area contributed by atoms with Crippen molar-refractivity contribution in [2.24, 2.45) is 0 Å². The van der Waals surface area contributed by atoms with E-state index in [1.54, 1.807) is 6.20 Å². The fourth-order valence-electron chi connectivity index (χ4n) is 0.950. The summed E-state index contributed by atoms with van der Waals surface area (Å²) in [6, 6.07) is 1.88. The van der Waals surface area contributed by atoms with Crippen molar-refractivity contribution < 1.29 is 0 Å². The van der Waals surface area contributed by atoms with Gasteiger partial charge in [0.1, 0.15) is 0 Å². The van der Waals surface area contributed by atoms with Crippen LogP contribution in [0, 0.1) is 6.92 Å². The van der Waals surface area contributed by atoms with Crippen molar-refractivity contribution in [3.05, 3.63) is 30.4 Å². The molecule has 3 nitrogen and oxygen atoms in total. The molecule has 3 heteroatoms. The minimum Gasteiger partial charge on any atom is -0.291 e. The van der Waals surface area contributed by atoms with E-state index in [0.29, 0.717) is 0 Å². The van der Waals surface area contributed by atoms with Crippen LogP contribution in [0.25, 0.3) is 5.78 Å². The van der Waals surface area contributed by atoms with Crippen LogP contribution in [0.2, 0.25) is 0 Å². The number of aryl methyl sites for hydroxylation is 1. The van der Waals surface area contributed by atoms with Crippen LogP contribution in [0.5, 0.6) is 0 Å². The molecule has 2 rings (SSSR count). The normalized spacial score (nSPS) is 9.25. The first-order valence-electron chi connectivity index (χ1n) is 4.12. The molecule has 12 heavy (non-hydrogen) atoms. The van der Waals surface area contributed by atoms with Crippen LogP contribution in [0.4, 0.5) is 0 Å². The van der Waals surface area contributed by atoms with Gasteiger partial charge < -0.3 is 0 Å². The zero-order valence-electron chi connectivity index (χ0n) is 7.65. The molecule has 0 spiro atoms. The maximum absolute atomic E-state index is 4.16. The highest BCUT2D eigenvalue weighted by atomic mass is 15.1. The number of hydrogen-bond donors (Lipinski definition) is 0. The van der Waals surface area contributed by atoms with E-state index in [0.717, 1.165) is 11.5 Å². The summed E-state index contributed by atoms with van der Waals surface area (Å²) in [5.41, 5.74) is 0.999. The molecule has 0 aliphatic rings. The van der Waals surface area contributed by atoms with Crippen molar-refractivity contribution in [1.29, 1.82) is 0 Å². The summed E-state index contributed by atoms with van der Waals surface area (Å²) in [4.78, 5) is 8.22. The van der Waals surface area contributed by atoms with E-state index in [2.05, 4.69) is 9.97 Å². The smallest absolute Gasteiger partial charge is 0.233 e. The Bertz CT molecular complexity index is 318. The van der Waals surface area contributed by atoms with Crippen LogP contribution in [-0.2, 0) is 0 Å². The van der Waals surface area contributed by atoms with Gasteiger partial charge in [0.25, 0.3) is 0 Å². The first kappa shape index (κ1) is 8.71. The highest BCUT2D eigenvalue weighted by Crippen LogP contribution is 1.98. The molecule has 0 aromatic carbocycles. The highest BCUT2D eigenvalue weighted by Gasteiger charge is 1.93. The molecule has 2 aromatic rings. The van der Waals surface area contributed by atoms with Crippen LogP contribution in [0.3, 0.4) is 0 Å². The molecule has 0 N–H and O–H groups in total. The molecule has 0 fully saturated rings. The van der Waals surface area contributed by atoms with Crippen LogP contribution in [0.1, 0.15) is 19.5 Å². The molecule has 0 atom stereocenters. The molecule has 2 aromatic heterocycles. The molecular weight excluding hydrogens is 150 g/mol. The molecule has 2 heterocycles. The summed E-state index contributed by atoms with van der Waals surface area (Å²) < 4.78 is 1.90. The Labute approximate surface area is 72.1 Å². The Morgan fingerprint density at radius 1 is 1.33 bits per heavy atom. The van der Waals surface area contributed by atoms with Crippen molar-refractivity contribution in [1.82, 2.24) is 14.4 Å². The van der Waals surface area contributed by atoms with E-state index in [-0.39, 0.29) is 0 Å². The first-order valence-corrected chi connectivity index (χ1v) is 4.12. The zero-order valence-corrected chi connectivity index (χ0v) is 7.65. The van der Waals surface area contributed by atoms with Gasteiger partial charge in [-0.15, -0.1) is 0 Å². The third-order valence-corrected chi connectivity index (χ3v) is 1.36. The van der Waals surface area contributed by atoms with Gasteiger partial charge in [-0.1, -0.05) is 13.8 Å². The van der Waals surface area contributed by atoms with Crippen LogP contribution >= 0.6 is 0 Å². The van der Waals surface area contributed by atoms with Gasteiger partial charge in [-0.05, 0) is 13.0 Å². The van der Waals surface area contributed by atoms with Crippen LogP contribution in [0.15, 0.2) is 24.7 Å². The third kappa shape index (κ3) is 1.61. The van der Waals surface area contributed by atoms with Crippen LogP contribution in [-0.4, -0.2) is 14.4 Å². The molecule has 0 saturated heterocycles. The number of fused-ring (bicyclic) bond motifs is 1. The molecule has 0 amide bonds. The molecular formula is C9H13N3. The summed E-state index contributed by atoms with van der Waals surface area (Å²) >= 11 is 0. The topological polar surface area (TPSA) is 30.2 Å². The second-order valence-electron chi connectivity index (χ2n) is 2.21. The summed E-state index contributed by atoms with van der Waals surface area (Å²) in [5, 5.41) is 0. The standard InChI is InChI=1S/C7H7N3.C2H6/c1-6-5-10-4-2-3-8-7(10)9-6;1-2/h2-5H,1H3;1-2H3. The molecule has 0 radical (unpaired) electrons. The summed E-state index contributed by atoms with van der Waals surface area (Å²) in [5.74, 6) is 0.764. The minimum absolute atomic E-state index is 0.764. The predicted octanol–water partition coefficient (Wildman–Crippen LogP) is 2.06. The number of hydrogen-bond acceptors (Lipinski definition) is 2. The Balaban J connectivity index is 0.000000336. The van der Waals surface area contributed by atoms with E-state index in [4.69, 9.17) is 0 Å². The van der Waals surface area contributed by atoms with E-state index in [1.807, 2.05) is 43.6 Å². The van der Waals surface area contributed by atoms with Crippen molar-refractivity contribution >= 4 is 5.78 Å². The second kappa shape index (κ2) is 3.85. The van der Waals surface area contributed by atoms with E-state index >= 15 is 0 Å². The molecule has 0 aliphatic carbocycles. The van der Waals surface area contributed by atoms with Crippen molar-refractivity contribution in [2.75, 3.05) is 0 Å². The van der Waals surface area contributed by atoms with Gasteiger partial charge in [-0.25, -0.2) is 9.97 Å². The highest BCUT2D eigenvalue weighted by molar-refractivity contribution is 5.28. The number of rotatable bonds is 0. The lowest BCUT2D eigenvalue weighted by atomic mass is 10.6.